The van der Waals surface area contributed by atoms with E-state index in [1.165, 1.54) is 0 Å². The van der Waals surface area contributed by atoms with Crippen LogP contribution in [0, 0.1) is 41.7 Å². The van der Waals surface area contributed by atoms with Crippen molar-refractivity contribution in [2.75, 3.05) is 0 Å². The predicted octanol–water partition coefficient (Wildman–Crippen LogP) is -0.916. The van der Waals surface area contributed by atoms with Gasteiger partial charge in [0.25, 0.3) is 0 Å². The first-order valence-corrected chi connectivity index (χ1v) is 2.61. The monoisotopic (exact) mass is 260 g/mol. The molecule has 0 saturated carbocycles. The van der Waals surface area contributed by atoms with Gasteiger partial charge in [0.15, 0.2) is 0 Å². The van der Waals surface area contributed by atoms with Crippen molar-refractivity contribution in [1.82, 2.24) is 0 Å². The maximum atomic E-state index is 8.69. The topological polar surface area (TPSA) is 71.4 Å². The molecule has 0 unspecified atom stereocenters. The molecule has 1 N–H and O–H groups in total. The van der Waals surface area contributed by atoms with Crippen LogP contribution in [0.5, 0.6) is 0 Å². The van der Waals surface area contributed by atoms with E-state index in [2.05, 4.69) is 0 Å². The number of hydrogen-bond donors (Lipinski definition) is 1. The second kappa shape index (κ2) is 3.28. The molecule has 0 aromatic carbocycles. The van der Waals surface area contributed by atoms with E-state index in [1.54, 1.807) is 0 Å². The third-order valence-electron chi connectivity index (χ3n) is 0. The number of rotatable bonds is 0. The van der Waals surface area contributed by atoms with Crippen LogP contribution in [0.3, 0.4) is 0 Å². The molecule has 0 atom stereocenters. The third kappa shape index (κ3) is 60.3. The quantitative estimate of drug-likeness (QED) is 0.572. The van der Waals surface area contributed by atoms with Crippen LogP contribution < -0.4 is 0 Å². The zero-order valence-electron chi connectivity index (χ0n) is 2.55. The number of hydrogen-bond acceptors (Lipinski definition) is 3. The van der Waals surface area contributed by atoms with E-state index in [-0.39, 0.29) is 41.7 Å². The second-order valence-electron chi connectivity index (χ2n) is 0.396. The molecule has 36 valence electrons. The summed E-state index contributed by atoms with van der Waals surface area (Å²) in [6.45, 7) is 0. The van der Waals surface area contributed by atoms with Gasteiger partial charge in [-0.15, -0.1) is 0 Å². The van der Waals surface area contributed by atoms with E-state index in [0.29, 0.717) is 0 Å². The van der Waals surface area contributed by atoms with E-state index in [0.717, 1.165) is 0 Å². The van der Waals surface area contributed by atoms with Crippen molar-refractivity contribution in [3.8, 4) is 0 Å². The molecule has 0 saturated heterocycles. The van der Waals surface area contributed by atoms with Crippen molar-refractivity contribution in [2.24, 2.45) is 0 Å². The molecule has 0 aromatic heterocycles. The molecular formula is HCeMnO4. The van der Waals surface area contributed by atoms with Crippen molar-refractivity contribution in [3.63, 3.8) is 0 Å². The molecule has 0 aliphatic rings. The van der Waals surface area contributed by atoms with Crippen LogP contribution in [0.4, 0.5) is 0 Å². The molecule has 6 heavy (non-hydrogen) atoms. The van der Waals surface area contributed by atoms with Gasteiger partial charge >= 0.3 is 28.7 Å². The first-order chi connectivity index (χ1) is 2.00. The Hall–Kier alpha value is 1.26. The third-order valence-corrected chi connectivity index (χ3v) is 0. The zero-order valence-corrected chi connectivity index (χ0v) is 6.87. The van der Waals surface area contributed by atoms with E-state index in [4.69, 9.17) is 15.7 Å². The van der Waals surface area contributed by atoms with Gasteiger partial charge < -0.3 is 0 Å². The normalized spacial score (nSPS) is 9.50. The summed E-state index contributed by atoms with van der Waals surface area (Å²) in [5, 5.41) is 0. The van der Waals surface area contributed by atoms with Crippen molar-refractivity contribution >= 4 is 0 Å². The Balaban J connectivity index is 0. The molecule has 0 aliphatic carbocycles. The first-order valence-electron chi connectivity index (χ1n) is 0.632. The van der Waals surface area contributed by atoms with E-state index >= 15 is 0 Å². The Bertz CT molecular complexity index is 129. The summed E-state index contributed by atoms with van der Waals surface area (Å²) < 4.78 is 33.1. The molecule has 0 radical (unpaired) electrons. The Morgan fingerprint density at radius 2 is 1.17 bits per heavy atom. The summed E-state index contributed by atoms with van der Waals surface area (Å²) in [5.41, 5.74) is 0. The molecule has 0 aliphatic heterocycles. The molecule has 6 heteroatoms. The maximum absolute atomic E-state index is 8.69. The molecule has 0 spiro atoms. The van der Waals surface area contributed by atoms with Crippen molar-refractivity contribution in [1.29, 1.82) is 0 Å². The first kappa shape index (κ1) is 10.3. The Labute approximate surface area is 69.5 Å². The summed E-state index contributed by atoms with van der Waals surface area (Å²) in [7, 11) is 0. The summed E-state index contributed by atoms with van der Waals surface area (Å²) in [5.74, 6) is 0. The Kier molecular flexibility index (Phi) is 5.62. The molecule has 0 heterocycles. The van der Waals surface area contributed by atoms with Crippen LogP contribution in [0.15, 0.2) is 0 Å². The van der Waals surface area contributed by atoms with Gasteiger partial charge in [0.05, 0.1) is 0 Å². The van der Waals surface area contributed by atoms with E-state index in [1.807, 2.05) is 0 Å². The molecule has 0 bridgehead atoms. The van der Waals surface area contributed by atoms with Gasteiger partial charge in [0.2, 0.25) is 0 Å². The van der Waals surface area contributed by atoms with Crippen LogP contribution >= 0.6 is 0 Å². The van der Waals surface area contributed by atoms with E-state index < -0.39 is 13.0 Å². The van der Waals surface area contributed by atoms with Gasteiger partial charge in [-0.3, -0.25) is 0 Å². The van der Waals surface area contributed by atoms with Crippen LogP contribution in [0.25, 0.3) is 0 Å². The molecule has 0 amide bonds. The fourth-order valence-electron chi connectivity index (χ4n) is 0. The van der Waals surface area contributed by atoms with Crippen LogP contribution in [0.1, 0.15) is 0 Å². The standard InChI is InChI=1S/Ce.Mn.H2O.3O/h;;1H2;;;/q;+1;;;;/p-1. The summed E-state index contributed by atoms with van der Waals surface area (Å²) in [4.78, 5) is 0. The summed E-state index contributed by atoms with van der Waals surface area (Å²) in [6.07, 6.45) is 0. The van der Waals surface area contributed by atoms with Crippen LogP contribution in [-0.2, 0) is 24.5 Å². The minimum atomic E-state index is -5.38. The predicted molar refractivity (Wildman–Crippen MR) is 4.28 cm³/mol. The van der Waals surface area contributed by atoms with Gasteiger partial charge in [-0.1, -0.05) is 0 Å². The fourth-order valence-corrected chi connectivity index (χ4v) is 0. The van der Waals surface area contributed by atoms with Crippen molar-refractivity contribution in [3.05, 3.63) is 0 Å². The average molecular weight is 260 g/mol. The van der Waals surface area contributed by atoms with Gasteiger partial charge in [0, 0.05) is 41.7 Å². The average Bonchev–Trinajstić information content (AvgIpc) is 0.722. The Morgan fingerprint density at radius 3 is 1.17 bits per heavy atom. The van der Waals surface area contributed by atoms with Crippen LogP contribution in [-0.4, -0.2) is 4.19 Å². The van der Waals surface area contributed by atoms with Gasteiger partial charge in [-0.2, -0.15) is 0 Å². The second-order valence-corrected chi connectivity index (χ2v) is 1.63. The minimum absolute atomic E-state index is 0. The summed E-state index contributed by atoms with van der Waals surface area (Å²) >= 11 is -5.38. The molecule has 0 rings (SSSR count). The van der Waals surface area contributed by atoms with Gasteiger partial charge in [-0.25, -0.2) is 0 Å². The molecule has 4 nitrogen and oxygen atoms in total. The van der Waals surface area contributed by atoms with Gasteiger partial charge in [-0.05, 0) is 0 Å². The molecular weight excluding hydrogens is 259 g/mol. The zero-order chi connectivity index (χ0) is 4.50. The summed E-state index contributed by atoms with van der Waals surface area (Å²) in [6, 6.07) is 0. The Morgan fingerprint density at radius 1 is 1.17 bits per heavy atom. The molecule has 0 aromatic rings. The van der Waals surface area contributed by atoms with E-state index in [9.17, 15) is 0 Å². The fraction of sp³-hybridized carbons (Fsp3) is 0. The van der Waals surface area contributed by atoms with Crippen molar-refractivity contribution in [2.45, 2.75) is 0 Å². The van der Waals surface area contributed by atoms with Gasteiger partial charge in [0.1, 0.15) is 0 Å². The van der Waals surface area contributed by atoms with Crippen LogP contribution in [0.2, 0.25) is 0 Å². The molecule has 0 fully saturated rings. The van der Waals surface area contributed by atoms with Crippen molar-refractivity contribution < 1.29 is 70.4 Å². The SMILES string of the molecule is [Ce].[O]=[Mn](=[O])(=[O])[OH].